The van der Waals surface area contributed by atoms with E-state index >= 15 is 0 Å². The topological polar surface area (TPSA) is 54.0 Å². The normalized spacial score (nSPS) is 14.1. The molecule has 138 valence electrons. The SMILES string of the molecule is COc1ccc(OC)c(N2CCN(C(=O)Nc3ccccc3F)CC2)c1. The summed E-state index contributed by atoms with van der Waals surface area (Å²) >= 11 is 0. The summed E-state index contributed by atoms with van der Waals surface area (Å²) in [6, 6.07) is 11.5. The van der Waals surface area contributed by atoms with Gasteiger partial charge in [0.05, 0.1) is 25.6 Å². The molecule has 0 radical (unpaired) electrons. The molecule has 3 rings (SSSR count). The predicted molar refractivity (Wildman–Crippen MR) is 98.8 cm³/mol. The first-order chi connectivity index (χ1) is 12.6. The van der Waals surface area contributed by atoms with Gasteiger partial charge in [-0.05, 0) is 24.3 Å². The summed E-state index contributed by atoms with van der Waals surface area (Å²) in [6.07, 6.45) is 0. The first-order valence-electron chi connectivity index (χ1n) is 8.40. The van der Waals surface area contributed by atoms with E-state index in [1.54, 1.807) is 37.3 Å². The Balaban J connectivity index is 1.64. The van der Waals surface area contributed by atoms with E-state index in [1.807, 2.05) is 18.2 Å². The maximum absolute atomic E-state index is 13.7. The van der Waals surface area contributed by atoms with Crippen LogP contribution in [0.1, 0.15) is 0 Å². The maximum atomic E-state index is 13.7. The minimum Gasteiger partial charge on any atom is -0.497 e. The monoisotopic (exact) mass is 359 g/mol. The molecule has 1 saturated heterocycles. The maximum Gasteiger partial charge on any atom is 0.322 e. The summed E-state index contributed by atoms with van der Waals surface area (Å²) in [5.74, 6) is 1.07. The Kier molecular flexibility index (Phi) is 5.46. The molecule has 2 aromatic rings. The quantitative estimate of drug-likeness (QED) is 0.911. The number of amides is 2. The van der Waals surface area contributed by atoms with E-state index < -0.39 is 5.82 Å². The van der Waals surface area contributed by atoms with Crippen LogP contribution in [0.4, 0.5) is 20.6 Å². The molecular weight excluding hydrogens is 337 g/mol. The predicted octanol–water partition coefficient (Wildman–Crippen LogP) is 3.20. The van der Waals surface area contributed by atoms with Crippen molar-refractivity contribution in [3.8, 4) is 11.5 Å². The molecule has 0 unspecified atom stereocenters. The smallest absolute Gasteiger partial charge is 0.322 e. The van der Waals surface area contributed by atoms with Crippen LogP contribution in [0.5, 0.6) is 11.5 Å². The van der Waals surface area contributed by atoms with E-state index in [4.69, 9.17) is 9.47 Å². The lowest BCUT2D eigenvalue weighted by molar-refractivity contribution is 0.208. The fourth-order valence-corrected chi connectivity index (χ4v) is 2.95. The van der Waals surface area contributed by atoms with Crippen molar-refractivity contribution in [2.24, 2.45) is 0 Å². The number of carbonyl (C=O) groups excluding carboxylic acids is 1. The molecular formula is C19H22FN3O3. The van der Waals surface area contributed by atoms with Gasteiger partial charge >= 0.3 is 6.03 Å². The molecule has 0 aliphatic carbocycles. The van der Waals surface area contributed by atoms with Crippen LogP contribution in [0.2, 0.25) is 0 Å². The second-order valence-electron chi connectivity index (χ2n) is 5.92. The van der Waals surface area contributed by atoms with Gasteiger partial charge in [-0.2, -0.15) is 0 Å². The molecule has 6 nitrogen and oxygen atoms in total. The number of nitrogens with one attached hydrogen (secondary N) is 1. The van der Waals surface area contributed by atoms with Crippen molar-refractivity contribution in [3.63, 3.8) is 0 Å². The molecule has 1 fully saturated rings. The summed E-state index contributed by atoms with van der Waals surface area (Å²) in [6.45, 7) is 2.35. The molecule has 26 heavy (non-hydrogen) atoms. The number of para-hydroxylation sites is 1. The lowest BCUT2D eigenvalue weighted by Gasteiger charge is -2.36. The van der Waals surface area contributed by atoms with Crippen LogP contribution in [-0.4, -0.2) is 51.3 Å². The molecule has 2 aromatic carbocycles. The molecule has 0 saturated carbocycles. The highest BCUT2D eigenvalue weighted by Crippen LogP contribution is 2.32. The van der Waals surface area contributed by atoms with Crippen LogP contribution in [0, 0.1) is 5.82 Å². The Morgan fingerprint density at radius 3 is 2.42 bits per heavy atom. The number of halogens is 1. The van der Waals surface area contributed by atoms with Crippen molar-refractivity contribution >= 4 is 17.4 Å². The third kappa shape index (κ3) is 3.82. The average molecular weight is 359 g/mol. The number of hydrogen-bond donors (Lipinski definition) is 1. The second-order valence-corrected chi connectivity index (χ2v) is 5.92. The Morgan fingerprint density at radius 1 is 1.04 bits per heavy atom. The first kappa shape index (κ1) is 17.8. The third-order valence-electron chi connectivity index (χ3n) is 4.41. The largest absolute Gasteiger partial charge is 0.497 e. The number of benzene rings is 2. The summed E-state index contributed by atoms with van der Waals surface area (Å²) in [5.41, 5.74) is 1.12. The van der Waals surface area contributed by atoms with Crippen molar-refractivity contribution in [2.75, 3.05) is 50.6 Å². The summed E-state index contributed by atoms with van der Waals surface area (Å²) in [7, 11) is 3.25. The molecule has 0 bridgehead atoms. The molecule has 1 heterocycles. The highest BCUT2D eigenvalue weighted by molar-refractivity contribution is 5.89. The van der Waals surface area contributed by atoms with Crippen molar-refractivity contribution in [1.82, 2.24) is 4.90 Å². The first-order valence-corrected chi connectivity index (χ1v) is 8.40. The number of ether oxygens (including phenoxy) is 2. The van der Waals surface area contributed by atoms with Gasteiger partial charge in [0.1, 0.15) is 17.3 Å². The summed E-state index contributed by atoms with van der Waals surface area (Å²) in [4.78, 5) is 16.2. The molecule has 1 aliphatic rings. The number of hydrogen-bond acceptors (Lipinski definition) is 4. The Bertz CT molecular complexity index is 776. The molecule has 7 heteroatoms. The molecule has 0 atom stereocenters. The highest BCUT2D eigenvalue weighted by atomic mass is 19.1. The van der Waals surface area contributed by atoms with Gasteiger partial charge in [-0.25, -0.2) is 9.18 Å². The number of methoxy groups -OCH3 is 2. The second kappa shape index (κ2) is 7.95. The van der Waals surface area contributed by atoms with Crippen LogP contribution in [0.25, 0.3) is 0 Å². The molecule has 2 amide bonds. The van der Waals surface area contributed by atoms with Gasteiger partial charge in [0.25, 0.3) is 0 Å². The van der Waals surface area contributed by atoms with E-state index in [1.165, 1.54) is 6.07 Å². The van der Waals surface area contributed by atoms with Crippen molar-refractivity contribution < 1.29 is 18.7 Å². The minimum atomic E-state index is -0.444. The van der Waals surface area contributed by atoms with Crippen LogP contribution in [0.3, 0.4) is 0 Å². The van der Waals surface area contributed by atoms with Crippen LogP contribution in [0.15, 0.2) is 42.5 Å². The standard InChI is InChI=1S/C19H22FN3O3/c1-25-14-7-8-18(26-2)17(13-14)22-9-11-23(12-10-22)19(24)21-16-6-4-3-5-15(16)20/h3-8,13H,9-12H2,1-2H3,(H,21,24). The number of anilines is 2. The van der Waals surface area contributed by atoms with Crippen LogP contribution < -0.4 is 19.7 Å². The van der Waals surface area contributed by atoms with Crippen LogP contribution in [-0.2, 0) is 0 Å². The van der Waals surface area contributed by atoms with E-state index in [-0.39, 0.29) is 11.7 Å². The highest BCUT2D eigenvalue weighted by Gasteiger charge is 2.24. The Hall–Kier alpha value is -2.96. The molecule has 0 aromatic heterocycles. The zero-order valence-corrected chi connectivity index (χ0v) is 14.9. The molecule has 1 aliphatic heterocycles. The van der Waals surface area contributed by atoms with E-state index in [0.717, 1.165) is 17.2 Å². The fraction of sp³-hybridized carbons (Fsp3) is 0.316. The minimum absolute atomic E-state index is 0.189. The van der Waals surface area contributed by atoms with Crippen molar-refractivity contribution in [2.45, 2.75) is 0 Å². The van der Waals surface area contributed by atoms with Crippen molar-refractivity contribution in [1.29, 1.82) is 0 Å². The fourth-order valence-electron chi connectivity index (χ4n) is 2.95. The number of urea groups is 1. The van der Waals surface area contributed by atoms with Gasteiger partial charge in [0.2, 0.25) is 0 Å². The van der Waals surface area contributed by atoms with Gasteiger partial charge in [-0.3, -0.25) is 0 Å². The van der Waals surface area contributed by atoms with E-state index in [2.05, 4.69) is 10.2 Å². The Morgan fingerprint density at radius 2 is 1.77 bits per heavy atom. The van der Waals surface area contributed by atoms with Crippen LogP contribution >= 0.6 is 0 Å². The summed E-state index contributed by atoms with van der Waals surface area (Å²) < 4.78 is 24.4. The van der Waals surface area contributed by atoms with Gasteiger partial charge in [0, 0.05) is 32.2 Å². The zero-order valence-electron chi connectivity index (χ0n) is 14.9. The number of rotatable bonds is 4. The molecule has 1 N–H and O–H groups in total. The Labute approximate surface area is 152 Å². The third-order valence-corrected chi connectivity index (χ3v) is 4.41. The lowest BCUT2D eigenvalue weighted by Crippen LogP contribution is -2.50. The lowest BCUT2D eigenvalue weighted by atomic mass is 10.2. The van der Waals surface area contributed by atoms with Gasteiger partial charge in [0.15, 0.2) is 0 Å². The number of nitrogens with zero attached hydrogens (tertiary/aromatic N) is 2. The van der Waals surface area contributed by atoms with E-state index in [0.29, 0.717) is 26.2 Å². The van der Waals surface area contributed by atoms with Gasteiger partial charge in [-0.1, -0.05) is 12.1 Å². The molecule has 0 spiro atoms. The number of carbonyl (C=O) groups is 1. The average Bonchev–Trinajstić information content (AvgIpc) is 2.69. The number of piperazine rings is 1. The van der Waals surface area contributed by atoms with Gasteiger partial charge < -0.3 is 24.6 Å². The van der Waals surface area contributed by atoms with Gasteiger partial charge in [-0.15, -0.1) is 0 Å². The summed E-state index contributed by atoms with van der Waals surface area (Å²) in [5, 5.41) is 2.62. The zero-order chi connectivity index (χ0) is 18.5. The van der Waals surface area contributed by atoms with Crippen molar-refractivity contribution in [3.05, 3.63) is 48.3 Å². The van der Waals surface area contributed by atoms with E-state index in [9.17, 15) is 9.18 Å².